The van der Waals surface area contributed by atoms with Gasteiger partial charge >= 0.3 is 0 Å². The maximum Gasteiger partial charge on any atom is 0.251 e. The van der Waals surface area contributed by atoms with E-state index in [1.807, 2.05) is 35.1 Å². The van der Waals surface area contributed by atoms with Crippen molar-refractivity contribution in [2.75, 3.05) is 0 Å². The minimum atomic E-state index is -0.197. The number of amides is 2. The van der Waals surface area contributed by atoms with Crippen molar-refractivity contribution in [2.45, 2.75) is 19.6 Å². The molecular formula is C24H22N4O3. The zero-order valence-electron chi connectivity index (χ0n) is 16.8. The van der Waals surface area contributed by atoms with E-state index in [1.165, 1.54) is 0 Å². The van der Waals surface area contributed by atoms with E-state index in [1.54, 1.807) is 54.9 Å². The van der Waals surface area contributed by atoms with Crippen LogP contribution in [0.5, 0.6) is 0 Å². The Kier molecular flexibility index (Phi) is 6.23. The average molecular weight is 414 g/mol. The van der Waals surface area contributed by atoms with E-state index in [9.17, 15) is 9.59 Å². The van der Waals surface area contributed by atoms with Gasteiger partial charge in [-0.2, -0.15) is 5.10 Å². The first-order valence-corrected chi connectivity index (χ1v) is 9.91. The molecule has 0 radical (unpaired) electrons. The van der Waals surface area contributed by atoms with Crippen LogP contribution in [0.3, 0.4) is 0 Å². The predicted octanol–water partition coefficient (Wildman–Crippen LogP) is 3.38. The molecule has 4 aromatic rings. The Morgan fingerprint density at radius 3 is 2.39 bits per heavy atom. The summed E-state index contributed by atoms with van der Waals surface area (Å²) < 4.78 is 7.04. The Balaban J connectivity index is 1.30. The van der Waals surface area contributed by atoms with Crippen LogP contribution >= 0.6 is 0 Å². The van der Waals surface area contributed by atoms with Gasteiger partial charge < -0.3 is 15.1 Å². The predicted molar refractivity (Wildman–Crippen MR) is 115 cm³/mol. The molecule has 0 unspecified atom stereocenters. The molecule has 7 heteroatoms. The number of hydrogen-bond donors (Lipinski definition) is 2. The van der Waals surface area contributed by atoms with Gasteiger partial charge in [0.2, 0.25) is 0 Å². The standard InChI is InChI=1S/C24H22N4O3/c29-23(20-9-7-18(8-10-20)17-28-12-3-11-27-28)25-15-19-4-1-5-21(14-19)24(30)26-16-22-6-2-13-31-22/h1-14H,15-17H2,(H,25,29)(H,26,30). The van der Waals surface area contributed by atoms with Crippen LogP contribution in [0.2, 0.25) is 0 Å². The molecule has 0 saturated heterocycles. The Bertz CT molecular complexity index is 1130. The Hall–Kier alpha value is -4.13. The number of nitrogens with one attached hydrogen (secondary N) is 2. The summed E-state index contributed by atoms with van der Waals surface area (Å²) in [4.78, 5) is 24.8. The molecule has 2 aromatic carbocycles. The fourth-order valence-corrected chi connectivity index (χ4v) is 3.13. The first-order valence-electron chi connectivity index (χ1n) is 9.91. The van der Waals surface area contributed by atoms with E-state index in [0.29, 0.717) is 36.5 Å². The molecule has 156 valence electrons. The lowest BCUT2D eigenvalue weighted by molar-refractivity contribution is 0.0943. The normalized spacial score (nSPS) is 10.6. The van der Waals surface area contributed by atoms with Gasteiger partial charge in [0.1, 0.15) is 5.76 Å². The number of rotatable bonds is 8. The van der Waals surface area contributed by atoms with Gasteiger partial charge in [0.15, 0.2) is 0 Å². The number of nitrogens with zero attached hydrogens (tertiary/aromatic N) is 2. The second kappa shape index (κ2) is 9.58. The molecule has 2 amide bonds. The highest BCUT2D eigenvalue weighted by Crippen LogP contribution is 2.09. The molecule has 0 fully saturated rings. The second-order valence-electron chi connectivity index (χ2n) is 7.05. The molecule has 0 aliphatic rings. The first kappa shape index (κ1) is 20.2. The molecule has 0 aliphatic heterocycles. The molecule has 0 aliphatic carbocycles. The molecular weight excluding hydrogens is 392 g/mol. The van der Waals surface area contributed by atoms with Gasteiger partial charge in [0, 0.05) is 30.1 Å². The summed E-state index contributed by atoms with van der Waals surface area (Å²) in [7, 11) is 0. The molecule has 4 rings (SSSR count). The molecule has 0 spiro atoms. The van der Waals surface area contributed by atoms with Gasteiger partial charge in [-0.25, -0.2) is 0 Å². The van der Waals surface area contributed by atoms with Crippen LogP contribution in [-0.4, -0.2) is 21.6 Å². The number of benzene rings is 2. The quantitative estimate of drug-likeness (QED) is 0.463. The van der Waals surface area contributed by atoms with E-state index < -0.39 is 0 Å². The van der Waals surface area contributed by atoms with Crippen molar-refractivity contribution in [3.05, 3.63) is 113 Å². The molecule has 0 atom stereocenters. The Labute approximate surface area is 179 Å². The van der Waals surface area contributed by atoms with Gasteiger partial charge in [0.05, 0.1) is 19.4 Å². The van der Waals surface area contributed by atoms with Crippen molar-refractivity contribution >= 4 is 11.8 Å². The summed E-state index contributed by atoms with van der Waals surface area (Å²) in [5.41, 5.74) is 3.01. The molecule has 2 N–H and O–H groups in total. The van der Waals surface area contributed by atoms with Crippen molar-refractivity contribution in [2.24, 2.45) is 0 Å². The van der Waals surface area contributed by atoms with Gasteiger partial charge in [-0.3, -0.25) is 14.3 Å². The minimum Gasteiger partial charge on any atom is -0.467 e. The third kappa shape index (κ3) is 5.48. The molecule has 0 bridgehead atoms. The number of hydrogen-bond acceptors (Lipinski definition) is 4. The van der Waals surface area contributed by atoms with E-state index >= 15 is 0 Å². The van der Waals surface area contributed by atoms with Crippen molar-refractivity contribution in [3.8, 4) is 0 Å². The first-order chi connectivity index (χ1) is 15.2. The van der Waals surface area contributed by atoms with Gasteiger partial charge in [-0.15, -0.1) is 0 Å². The summed E-state index contributed by atoms with van der Waals surface area (Å²) >= 11 is 0. The van der Waals surface area contributed by atoms with E-state index in [-0.39, 0.29) is 11.8 Å². The third-order valence-electron chi connectivity index (χ3n) is 4.77. The van der Waals surface area contributed by atoms with E-state index in [0.717, 1.165) is 11.1 Å². The molecule has 2 heterocycles. The maximum atomic E-state index is 12.5. The Morgan fingerprint density at radius 1 is 0.839 bits per heavy atom. The van der Waals surface area contributed by atoms with Gasteiger partial charge in [-0.1, -0.05) is 24.3 Å². The second-order valence-corrected chi connectivity index (χ2v) is 7.05. The monoisotopic (exact) mass is 414 g/mol. The van der Waals surface area contributed by atoms with Crippen LogP contribution in [0.1, 0.15) is 37.6 Å². The van der Waals surface area contributed by atoms with Crippen molar-refractivity contribution in [3.63, 3.8) is 0 Å². The fourth-order valence-electron chi connectivity index (χ4n) is 3.13. The van der Waals surface area contributed by atoms with Crippen LogP contribution < -0.4 is 10.6 Å². The zero-order valence-corrected chi connectivity index (χ0v) is 16.8. The lowest BCUT2D eigenvalue weighted by atomic mass is 10.1. The summed E-state index contributed by atoms with van der Waals surface area (Å²) in [6, 6.07) is 20.1. The Morgan fingerprint density at radius 2 is 1.65 bits per heavy atom. The largest absolute Gasteiger partial charge is 0.467 e. The SMILES string of the molecule is O=C(NCc1cccc(C(=O)NCc2ccco2)c1)c1ccc(Cn2cccn2)cc1. The van der Waals surface area contributed by atoms with Gasteiger partial charge in [0.25, 0.3) is 11.8 Å². The zero-order chi connectivity index (χ0) is 21.5. The van der Waals surface area contributed by atoms with Crippen LogP contribution in [0, 0.1) is 0 Å². The van der Waals surface area contributed by atoms with E-state index in [4.69, 9.17) is 4.42 Å². The average Bonchev–Trinajstić information content (AvgIpc) is 3.51. The maximum absolute atomic E-state index is 12.5. The highest BCUT2D eigenvalue weighted by Gasteiger charge is 2.09. The van der Waals surface area contributed by atoms with Crippen molar-refractivity contribution in [1.82, 2.24) is 20.4 Å². The smallest absolute Gasteiger partial charge is 0.251 e. The summed E-state index contributed by atoms with van der Waals surface area (Å²) in [6.45, 7) is 1.31. The molecule has 31 heavy (non-hydrogen) atoms. The summed E-state index contributed by atoms with van der Waals surface area (Å²) in [5, 5.41) is 9.89. The summed E-state index contributed by atoms with van der Waals surface area (Å²) in [5.74, 6) is 0.322. The van der Waals surface area contributed by atoms with Crippen molar-refractivity contribution in [1.29, 1.82) is 0 Å². The van der Waals surface area contributed by atoms with Crippen LogP contribution in [0.4, 0.5) is 0 Å². The minimum absolute atomic E-state index is 0.168. The summed E-state index contributed by atoms with van der Waals surface area (Å²) in [6.07, 6.45) is 5.20. The van der Waals surface area contributed by atoms with Crippen LogP contribution in [0.15, 0.2) is 89.8 Å². The number of carbonyl (C=O) groups is 2. The highest BCUT2D eigenvalue weighted by atomic mass is 16.3. The lowest BCUT2D eigenvalue weighted by Gasteiger charge is -2.09. The number of furan rings is 1. The van der Waals surface area contributed by atoms with E-state index in [2.05, 4.69) is 15.7 Å². The van der Waals surface area contributed by atoms with Crippen LogP contribution in [0.25, 0.3) is 0 Å². The highest BCUT2D eigenvalue weighted by molar-refractivity contribution is 5.95. The van der Waals surface area contributed by atoms with Gasteiger partial charge in [-0.05, 0) is 53.6 Å². The topological polar surface area (TPSA) is 89.2 Å². The molecule has 0 saturated carbocycles. The lowest BCUT2D eigenvalue weighted by Crippen LogP contribution is -2.24. The fraction of sp³-hybridized carbons (Fsp3) is 0.125. The van der Waals surface area contributed by atoms with Crippen molar-refractivity contribution < 1.29 is 14.0 Å². The molecule has 2 aromatic heterocycles. The number of aromatic nitrogens is 2. The third-order valence-corrected chi connectivity index (χ3v) is 4.77. The van der Waals surface area contributed by atoms with Crippen LogP contribution in [-0.2, 0) is 19.6 Å². The number of carbonyl (C=O) groups excluding carboxylic acids is 2. The molecule has 7 nitrogen and oxygen atoms in total.